The Labute approximate surface area is 87.3 Å². The van der Waals surface area contributed by atoms with E-state index < -0.39 is 0 Å². The van der Waals surface area contributed by atoms with Crippen molar-refractivity contribution in [2.75, 3.05) is 19.6 Å². The lowest BCUT2D eigenvalue weighted by molar-refractivity contribution is 0.0506. The molecule has 2 aliphatic rings. The molecule has 1 N–H and O–H groups in total. The average Bonchev–Trinajstić information content (AvgIpc) is 2.83. The van der Waals surface area contributed by atoms with Gasteiger partial charge in [0, 0.05) is 13.1 Å². The first kappa shape index (κ1) is 10.4. The third kappa shape index (κ3) is 2.71. The van der Waals surface area contributed by atoms with E-state index in [0.717, 1.165) is 13.1 Å². The zero-order valence-corrected chi connectivity index (χ0v) is 9.50. The van der Waals surface area contributed by atoms with E-state index in [9.17, 15) is 5.11 Å². The molecule has 0 aromatic heterocycles. The molecule has 2 fully saturated rings. The predicted molar refractivity (Wildman–Crippen MR) is 58.2 cm³/mol. The largest absolute Gasteiger partial charge is 0.392 e. The van der Waals surface area contributed by atoms with Crippen molar-refractivity contribution in [3.63, 3.8) is 0 Å². The summed E-state index contributed by atoms with van der Waals surface area (Å²) >= 11 is 0. The summed E-state index contributed by atoms with van der Waals surface area (Å²) in [7, 11) is 0. The Kier molecular flexibility index (Phi) is 2.85. The van der Waals surface area contributed by atoms with Crippen molar-refractivity contribution < 1.29 is 5.11 Å². The number of likely N-dealkylation sites (tertiary alicyclic amines) is 1. The van der Waals surface area contributed by atoms with Gasteiger partial charge < -0.3 is 10.0 Å². The number of aliphatic hydroxyl groups excluding tert-OH is 1. The summed E-state index contributed by atoms with van der Waals surface area (Å²) in [5, 5.41) is 9.87. The van der Waals surface area contributed by atoms with E-state index in [1.54, 1.807) is 0 Å². The molecule has 1 atom stereocenters. The minimum atomic E-state index is -0.0519. The quantitative estimate of drug-likeness (QED) is 0.746. The van der Waals surface area contributed by atoms with Gasteiger partial charge in [-0.15, -0.1) is 0 Å². The minimum Gasteiger partial charge on any atom is -0.392 e. The van der Waals surface area contributed by atoms with Crippen LogP contribution in [0.2, 0.25) is 0 Å². The van der Waals surface area contributed by atoms with Crippen LogP contribution in [0.15, 0.2) is 0 Å². The van der Waals surface area contributed by atoms with Crippen molar-refractivity contribution >= 4 is 0 Å². The van der Waals surface area contributed by atoms with Crippen molar-refractivity contribution in [2.45, 2.75) is 45.6 Å². The normalized spacial score (nSPS) is 30.2. The standard InChI is InChI=1S/C12H23NO/c1-12(2)6-3-7-13(9-12)8-11(14)10-4-5-10/h10-11,14H,3-9H2,1-2H3. The lowest BCUT2D eigenvalue weighted by atomic mass is 9.84. The summed E-state index contributed by atoms with van der Waals surface area (Å²) in [5.41, 5.74) is 0.460. The molecule has 0 spiro atoms. The van der Waals surface area contributed by atoms with Gasteiger partial charge in [-0.1, -0.05) is 13.8 Å². The summed E-state index contributed by atoms with van der Waals surface area (Å²) in [5.74, 6) is 0.625. The highest BCUT2D eigenvalue weighted by atomic mass is 16.3. The second-order valence-corrected chi connectivity index (χ2v) is 5.91. The molecule has 1 heterocycles. The highest BCUT2D eigenvalue weighted by molar-refractivity contribution is 4.86. The van der Waals surface area contributed by atoms with Gasteiger partial charge in [0.15, 0.2) is 0 Å². The van der Waals surface area contributed by atoms with Crippen LogP contribution in [0.3, 0.4) is 0 Å². The van der Waals surface area contributed by atoms with Crippen LogP contribution in [0.1, 0.15) is 39.5 Å². The SMILES string of the molecule is CC1(C)CCCN(CC(O)C2CC2)C1. The van der Waals surface area contributed by atoms with Crippen molar-refractivity contribution in [1.29, 1.82) is 0 Å². The summed E-state index contributed by atoms with van der Waals surface area (Å²) in [4.78, 5) is 2.45. The number of aliphatic hydroxyl groups is 1. The molecule has 0 aromatic rings. The molecule has 0 amide bonds. The molecule has 2 rings (SSSR count). The Morgan fingerprint density at radius 3 is 2.71 bits per heavy atom. The van der Waals surface area contributed by atoms with Gasteiger partial charge in [0.2, 0.25) is 0 Å². The smallest absolute Gasteiger partial charge is 0.0695 e. The van der Waals surface area contributed by atoms with Crippen LogP contribution >= 0.6 is 0 Å². The van der Waals surface area contributed by atoms with E-state index in [4.69, 9.17) is 0 Å². The number of rotatable bonds is 3. The molecule has 0 aromatic carbocycles. The summed E-state index contributed by atoms with van der Waals surface area (Å²) < 4.78 is 0. The van der Waals surface area contributed by atoms with E-state index in [-0.39, 0.29) is 6.10 Å². The van der Waals surface area contributed by atoms with Crippen LogP contribution in [0, 0.1) is 11.3 Å². The Hall–Kier alpha value is -0.0800. The number of nitrogens with zero attached hydrogens (tertiary/aromatic N) is 1. The zero-order valence-electron chi connectivity index (χ0n) is 9.50. The van der Waals surface area contributed by atoms with Gasteiger partial charge >= 0.3 is 0 Å². The topological polar surface area (TPSA) is 23.5 Å². The van der Waals surface area contributed by atoms with E-state index in [0.29, 0.717) is 11.3 Å². The summed E-state index contributed by atoms with van der Waals surface area (Å²) in [6.07, 6.45) is 5.08. The van der Waals surface area contributed by atoms with E-state index in [1.165, 1.54) is 32.2 Å². The van der Waals surface area contributed by atoms with E-state index in [2.05, 4.69) is 18.7 Å². The summed E-state index contributed by atoms with van der Waals surface area (Å²) in [6, 6.07) is 0. The second-order valence-electron chi connectivity index (χ2n) is 5.91. The number of β-amino-alcohol motifs (C(OH)–C–C–N with tert-alkyl or cyclic N) is 1. The van der Waals surface area contributed by atoms with Gasteiger partial charge in [0.1, 0.15) is 0 Å². The van der Waals surface area contributed by atoms with Crippen molar-refractivity contribution in [1.82, 2.24) is 4.90 Å². The third-order valence-electron chi connectivity index (χ3n) is 3.59. The Balaban J connectivity index is 1.79. The molecule has 2 nitrogen and oxygen atoms in total. The lowest BCUT2D eigenvalue weighted by Gasteiger charge is -2.38. The van der Waals surface area contributed by atoms with Crippen molar-refractivity contribution in [3.05, 3.63) is 0 Å². The minimum absolute atomic E-state index is 0.0519. The van der Waals surface area contributed by atoms with Gasteiger partial charge in [0.05, 0.1) is 6.10 Å². The zero-order chi connectivity index (χ0) is 10.2. The first-order chi connectivity index (χ1) is 6.57. The molecule has 2 heteroatoms. The van der Waals surface area contributed by atoms with Gasteiger partial charge in [-0.2, -0.15) is 0 Å². The molecule has 1 saturated heterocycles. The Bertz CT molecular complexity index is 198. The summed E-state index contributed by atoms with van der Waals surface area (Å²) in [6.45, 7) is 7.93. The molecule has 1 saturated carbocycles. The fraction of sp³-hybridized carbons (Fsp3) is 1.00. The highest BCUT2D eigenvalue weighted by Gasteiger charge is 2.33. The second kappa shape index (κ2) is 3.82. The van der Waals surface area contributed by atoms with Crippen LogP contribution in [-0.2, 0) is 0 Å². The molecular weight excluding hydrogens is 174 g/mol. The van der Waals surface area contributed by atoms with Crippen LogP contribution in [0.4, 0.5) is 0 Å². The molecule has 14 heavy (non-hydrogen) atoms. The fourth-order valence-electron chi connectivity index (χ4n) is 2.60. The number of piperidine rings is 1. The predicted octanol–water partition coefficient (Wildman–Crippen LogP) is 1.88. The number of hydrogen-bond donors (Lipinski definition) is 1. The molecule has 1 aliphatic heterocycles. The Morgan fingerprint density at radius 1 is 1.43 bits per heavy atom. The lowest BCUT2D eigenvalue weighted by Crippen LogP contribution is -2.44. The maximum atomic E-state index is 9.87. The van der Waals surface area contributed by atoms with E-state index >= 15 is 0 Å². The molecule has 0 radical (unpaired) electrons. The maximum absolute atomic E-state index is 9.87. The third-order valence-corrected chi connectivity index (χ3v) is 3.59. The first-order valence-corrected chi connectivity index (χ1v) is 5.97. The van der Waals surface area contributed by atoms with Gasteiger partial charge in [0.25, 0.3) is 0 Å². The molecule has 1 aliphatic carbocycles. The van der Waals surface area contributed by atoms with Gasteiger partial charge in [-0.3, -0.25) is 0 Å². The Morgan fingerprint density at radius 2 is 2.14 bits per heavy atom. The van der Waals surface area contributed by atoms with Crippen LogP contribution in [-0.4, -0.2) is 35.7 Å². The van der Waals surface area contributed by atoms with Crippen LogP contribution in [0.25, 0.3) is 0 Å². The van der Waals surface area contributed by atoms with Gasteiger partial charge in [-0.25, -0.2) is 0 Å². The van der Waals surface area contributed by atoms with Crippen molar-refractivity contribution in [3.8, 4) is 0 Å². The van der Waals surface area contributed by atoms with E-state index in [1.807, 2.05) is 0 Å². The first-order valence-electron chi connectivity index (χ1n) is 5.97. The average molecular weight is 197 g/mol. The monoisotopic (exact) mass is 197 g/mol. The molecule has 0 bridgehead atoms. The van der Waals surface area contributed by atoms with Crippen molar-refractivity contribution in [2.24, 2.45) is 11.3 Å². The molecule has 82 valence electrons. The molecule has 1 unspecified atom stereocenters. The highest BCUT2D eigenvalue weighted by Crippen LogP contribution is 2.34. The number of hydrogen-bond acceptors (Lipinski definition) is 2. The van der Waals surface area contributed by atoms with Crippen LogP contribution in [0.5, 0.6) is 0 Å². The fourth-order valence-corrected chi connectivity index (χ4v) is 2.60. The maximum Gasteiger partial charge on any atom is 0.0695 e. The molecular formula is C12H23NO. The van der Waals surface area contributed by atoms with Gasteiger partial charge in [-0.05, 0) is 43.6 Å². The van der Waals surface area contributed by atoms with Crippen LogP contribution < -0.4 is 0 Å².